The summed E-state index contributed by atoms with van der Waals surface area (Å²) in [6, 6.07) is -1.07. The molecular weight excluding hydrogens is 408 g/mol. The van der Waals surface area contributed by atoms with E-state index < -0.39 is 44.6 Å². The van der Waals surface area contributed by atoms with Gasteiger partial charge < -0.3 is 19.9 Å². The highest BCUT2D eigenvalue weighted by atomic mass is 32.2. The molecule has 1 saturated carbocycles. The van der Waals surface area contributed by atoms with Crippen LogP contribution in [0, 0.1) is 10.7 Å². The molecule has 30 heavy (non-hydrogen) atoms. The topological polar surface area (TPSA) is 126 Å². The minimum atomic E-state index is -3.04. The van der Waals surface area contributed by atoms with Crippen LogP contribution in [0.5, 0.6) is 0 Å². The summed E-state index contributed by atoms with van der Waals surface area (Å²) in [6.45, 7) is 12.0. The standard InChI is InChI=1S/C21H40N2O6S/c1-19(2,3)28-17(24)16(23-18(25)29-20(4,5)6)11-13-30(22,27)14-12-21(7,26)15-9-8-10-15/h15-16,22,26H,8-14H2,1-7H3,(H,23,25)/t16-,21?,30?/m0/s1. The van der Waals surface area contributed by atoms with Crippen molar-refractivity contribution in [3.63, 3.8) is 0 Å². The summed E-state index contributed by atoms with van der Waals surface area (Å²) in [7, 11) is -3.04. The molecule has 1 aliphatic carbocycles. The van der Waals surface area contributed by atoms with E-state index in [1.165, 1.54) is 0 Å². The monoisotopic (exact) mass is 448 g/mol. The molecule has 3 N–H and O–H groups in total. The van der Waals surface area contributed by atoms with Crippen molar-refractivity contribution in [3.05, 3.63) is 0 Å². The lowest BCUT2D eigenvalue weighted by atomic mass is 9.73. The van der Waals surface area contributed by atoms with Crippen molar-refractivity contribution in [2.24, 2.45) is 5.92 Å². The molecule has 176 valence electrons. The van der Waals surface area contributed by atoms with Crippen LogP contribution in [0.4, 0.5) is 4.79 Å². The van der Waals surface area contributed by atoms with Crippen molar-refractivity contribution in [3.8, 4) is 0 Å². The van der Waals surface area contributed by atoms with Crippen LogP contribution in [0.15, 0.2) is 0 Å². The van der Waals surface area contributed by atoms with E-state index in [1.807, 2.05) is 0 Å². The number of nitrogens with one attached hydrogen (secondary N) is 2. The second kappa shape index (κ2) is 9.85. The number of alkyl carbamates (subject to hydrolysis) is 1. The van der Waals surface area contributed by atoms with E-state index in [9.17, 15) is 18.9 Å². The van der Waals surface area contributed by atoms with Crippen LogP contribution in [0.25, 0.3) is 0 Å². The minimum absolute atomic E-state index is 0.0118. The molecule has 8 nitrogen and oxygen atoms in total. The number of amides is 1. The first-order valence-corrected chi connectivity index (χ1v) is 12.5. The van der Waals surface area contributed by atoms with Crippen LogP contribution < -0.4 is 5.32 Å². The number of hydrogen-bond donors (Lipinski definition) is 3. The molecule has 1 fully saturated rings. The van der Waals surface area contributed by atoms with Crippen molar-refractivity contribution in [2.75, 3.05) is 11.5 Å². The largest absolute Gasteiger partial charge is 0.458 e. The summed E-state index contributed by atoms with van der Waals surface area (Å²) < 4.78 is 31.5. The Bertz CT molecular complexity index is 700. The van der Waals surface area contributed by atoms with Crippen LogP contribution in [0.2, 0.25) is 0 Å². The molecule has 0 bridgehead atoms. The maximum Gasteiger partial charge on any atom is 0.408 e. The number of esters is 1. The molecule has 9 heteroatoms. The van der Waals surface area contributed by atoms with Gasteiger partial charge in [0.25, 0.3) is 0 Å². The number of carbonyl (C=O) groups excluding carboxylic acids is 2. The van der Waals surface area contributed by atoms with E-state index >= 15 is 0 Å². The van der Waals surface area contributed by atoms with Crippen LogP contribution in [0.1, 0.15) is 80.6 Å². The van der Waals surface area contributed by atoms with E-state index in [2.05, 4.69) is 5.32 Å². The summed E-state index contributed by atoms with van der Waals surface area (Å²) in [6.07, 6.45) is 2.48. The van der Waals surface area contributed by atoms with Crippen LogP contribution in [-0.2, 0) is 24.0 Å². The first-order valence-electron chi connectivity index (χ1n) is 10.6. The smallest absolute Gasteiger partial charge is 0.408 e. The van der Waals surface area contributed by atoms with Crippen LogP contribution >= 0.6 is 0 Å². The Morgan fingerprint density at radius 2 is 1.60 bits per heavy atom. The molecule has 0 spiro atoms. The molecule has 2 unspecified atom stereocenters. The fraction of sp³-hybridized carbons (Fsp3) is 0.905. The zero-order valence-electron chi connectivity index (χ0n) is 19.5. The third-order valence-electron chi connectivity index (χ3n) is 5.04. The van der Waals surface area contributed by atoms with Crippen molar-refractivity contribution in [1.82, 2.24) is 5.32 Å². The number of hydrogen-bond acceptors (Lipinski definition) is 7. The zero-order chi connectivity index (χ0) is 23.4. The molecule has 1 aliphatic rings. The Morgan fingerprint density at radius 3 is 2.03 bits per heavy atom. The normalized spacial score (nSPS) is 20.3. The number of carbonyl (C=O) groups is 2. The molecule has 0 aliphatic heterocycles. The molecule has 0 heterocycles. The fourth-order valence-electron chi connectivity index (χ4n) is 3.09. The van der Waals surface area contributed by atoms with Crippen LogP contribution in [0.3, 0.4) is 0 Å². The highest BCUT2D eigenvalue weighted by Gasteiger charge is 2.36. The zero-order valence-corrected chi connectivity index (χ0v) is 20.3. The second-order valence-electron chi connectivity index (χ2n) is 10.5. The lowest BCUT2D eigenvalue weighted by molar-refractivity contribution is -0.157. The van der Waals surface area contributed by atoms with Crippen molar-refractivity contribution in [2.45, 2.75) is 103 Å². The molecule has 3 atom stereocenters. The molecule has 0 saturated heterocycles. The van der Waals surface area contributed by atoms with Gasteiger partial charge in [-0.05, 0) is 80.1 Å². The van der Waals surface area contributed by atoms with Gasteiger partial charge >= 0.3 is 12.1 Å². The summed E-state index contributed by atoms with van der Waals surface area (Å²) in [5, 5.41) is 13.0. The van der Waals surface area contributed by atoms with Crippen molar-refractivity contribution >= 4 is 21.8 Å². The van der Waals surface area contributed by atoms with E-state index in [0.717, 1.165) is 19.3 Å². The molecule has 1 rings (SSSR count). The predicted molar refractivity (Wildman–Crippen MR) is 117 cm³/mol. The second-order valence-corrected chi connectivity index (χ2v) is 12.9. The van der Waals surface area contributed by atoms with E-state index in [-0.39, 0.29) is 30.3 Å². The predicted octanol–water partition coefficient (Wildman–Crippen LogP) is 3.60. The summed E-state index contributed by atoms with van der Waals surface area (Å²) in [5.74, 6) is -0.515. The van der Waals surface area contributed by atoms with Gasteiger partial charge in [-0.1, -0.05) is 6.42 Å². The maximum atomic E-state index is 12.7. The molecule has 0 aromatic rings. The average Bonchev–Trinajstić information content (AvgIpc) is 2.44. The lowest BCUT2D eigenvalue weighted by Gasteiger charge is -2.39. The van der Waals surface area contributed by atoms with Gasteiger partial charge in [0.1, 0.15) is 17.2 Å². The van der Waals surface area contributed by atoms with Crippen LogP contribution in [-0.4, -0.2) is 55.7 Å². The van der Waals surface area contributed by atoms with E-state index in [4.69, 9.17) is 14.3 Å². The SMILES string of the molecule is CC(C)(C)OC(=O)N[C@@H](CCS(=N)(=O)CCC(C)(O)C1CCC1)C(=O)OC(C)(C)C. The molecule has 0 aromatic heterocycles. The van der Waals surface area contributed by atoms with Gasteiger partial charge in [0.05, 0.1) is 5.60 Å². The third kappa shape index (κ3) is 10.1. The minimum Gasteiger partial charge on any atom is -0.458 e. The third-order valence-corrected chi connectivity index (χ3v) is 6.80. The van der Waals surface area contributed by atoms with Gasteiger partial charge in [0, 0.05) is 21.2 Å². The average molecular weight is 449 g/mol. The van der Waals surface area contributed by atoms with Gasteiger partial charge in [-0.3, -0.25) is 4.78 Å². The Kier molecular flexibility index (Phi) is 8.76. The quantitative estimate of drug-likeness (QED) is 0.463. The summed E-state index contributed by atoms with van der Waals surface area (Å²) in [4.78, 5) is 24.7. The maximum absolute atomic E-state index is 12.7. The number of aliphatic hydroxyl groups is 1. The summed E-state index contributed by atoms with van der Waals surface area (Å²) >= 11 is 0. The fourth-order valence-corrected chi connectivity index (χ4v) is 4.65. The highest BCUT2D eigenvalue weighted by molar-refractivity contribution is 7.92. The Hall–Kier alpha value is -1.35. The molecule has 0 aromatic carbocycles. The first kappa shape index (κ1) is 26.7. The lowest BCUT2D eigenvalue weighted by Crippen LogP contribution is -2.47. The van der Waals surface area contributed by atoms with Crippen molar-refractivity contribution in [1.29, 1.82) is 4.78 Å². The number of rotatable bonds is 9. The van der Waals surface area contributed by atoms with Gasteiger partial charge in [0.2, 0.25) is 0 Å². The van der Waals surface area contributed by atoms with Gasteiger partial charge in [0.15, 0.2) is 0 Å². The molecular formula is C21H40N2O6S. The highest BCUT2D eigenvalue weighted by Crippen LogP contribution is 2.38. The van der Waals surface area contributed by atoms with Gasteiger partial charge in [-0.25, -0.2) is 13.8 Å². The van der Waals surface area contributed by atoms with E-state index in [1.54, 1.807) is 48.5 Å². The van der Waals surface area contributed by atoms with Gasteiger partial charge in [-0.2, -0.15) is 0 Å². The number of ether oxygens (including phenoxy) is 2. The van der Waals surface area contributed by atoms with Crippen molar-refractivity contribution < 1.29 is 28.4 Å². The Morgan fingerprint density at radius 1 is 1.07 bits per heavy atom. The first-order chi connectivity index (χ1) is 13.4. The molecule has 0 radical (unpaired) electrons. The Balaban J connectivity index is 2.74. The Labute approximate surface area is 181 Å². The van der Waals surface area contributed by atoms with E-state index in [0.29, 0.717) is 0 Å². The molecule has 1 amide bonds. The van der Waals surface area contributed by atoms with Gasteiger partial charge in [-0.15, -0.1) is 0 Å². The summed E-state index contributed by atoms with van der Waals surface area (Å²) in [5.41, 5.74) is -2.42.